The number of ether oxygens (including phenoxy) is 1. The second kappa shape index (κ2) is 5.85. The first-order valence-electron chi connectivity index (χ1n) is 6.01. The van der Waals surface area contributed by atoms with Crippen LogP contribution in [-0.2, 0) is 13.7 Å². The van der Waals surface area contributed by atoms with Crippen LogP contribution in [0.25, 0.3) is 0 Å². The summed E-state index contributed by atoms with van der Waals surface area (Å²) in [6.07, 6.45) is 0. The largest absolute Gasteiger partial charge is 0.486 e. The number of halogens is 2. The first kappa shape index (κ1) is 14.9. The van der Waals surface area contributed by atoms with Crippen LogP contribution in [0.15, 0.2) is 18.2 Å². The van der Waals surface area contributed by atoms with E-state index in [2.05, 4.69) is 5.10 Å². The molecule has 0 fully saturated rings. The minimum absolute atomic E-state index is 0.102. The van der Waals surface area contributed by atoms with Gasteiger partial charge in [0, 0.05) is 12.1 Å². The number of hydrogen-bond acceptors (Lipinski definition) is 3. The van der Waals surface area contributed by atoms with Gasteiger partial charge >= 0.3 is 0 Å². The zero-order valence-corrected chi connectivity index (χ0v) is 12.9. The standard InChI is InChI=1S/C14H14Cl2N2O2/c1-8-14(16)12(18(3)17-8)7-20-13-5-4-10(15)6-11(13)9(2)19/h4-6H,7H2,1-3H3. The molecular weight excluding hydrogens is 299 g/mol. The van der Waals surface area contributed by atoms with Crippen molar-refractivity contribution in [3.05, 3.63) is 45.2 Å². The molecule has 20 heavy (non-hydrogen) atoms. The lowest BCUT2D eigenvalue weighted by molar-refractivity contribution is 0.101. The maximum atomic E-state index is 11.6. The van der Waals surface area contributed by atoms with E-state index < -0.39 is 0 Å². The van der Waals surface area contributed by atoms with Crippen molar-refractivity contribution in [3.63, 3.8) is 0 Å². The molecule has 0 saturated carbocycles. The van der Waals surface area contributed by atoms with Crippen LogP contribution in [0.5, 0.6) is 5.75 Å². The third kappa shape index (κ3) is 2.97. The highest BCUT2D eigenvalue weighted by molar-refractivity contribution is 6.32. The molecule has 0 saturated heterocycles. The zero-order valence-electron chi connectivity index (χ0n) is 11.4. The number of rotatable bonds is 4. The van der Waals surface area contributed by atoms with Crippen LogP contribution in [0.4, 0.5) is 0 Å². The molecular formula is C14H14Cl2N2O2. The Balaban J connectivity index is 2.25. The van der Waals surface area contributed by atoms with E-state index in [1.54, 1.807) is 29.9 Å². The fraction of sp³-hybridized carbons (Fsp3) is 0.286. The van der Waals surface area contributed by atoms with E-state index in [1.165, 1.54) is 6.92 Å². The zero-order chi connectivity index (χ0) is 14.9. The summed E-state index contributed by atoms with van der Waals surface area (Å²) in [4.78, 5) is 11.6. The minimum Gasteiger partial charge on any atom is -0.486 e. The van der Waals surface area contributed by atoms with Crippen molar-refractivity contribution in [2.24, 2.45) is 7.05 Å². The van der Waals surface area contributed by atoms with Gasteiger partial charge in [0.25, 0.3) is 0 Å². The van der Waals surface area contributed by atoms with Crippen molar-refractivity contribution in [3.8, 4) is 5.75 Å². The van der Waals surface area contributed by atoms with E-state index in [9.17, 15) is 4.79 Å². The first-order chi connectivity index (χ1) is 9.40. The molecule has 1 heterocycles. The van der Waals surface area contributed by atoms with E-state index >= 15 is 0 Å². The molecule has 6 heteroatoms. The number of carbonyl (C=O) groups is 1. The minimum atomic E-state index is -0.102. The van der Waals surface area contributed by atoms with Crippen molar-refractivity contribution in [1.82, 2.24) is 9.78 Å². The Morgan fingerprint density at radius 2 is 2.10 bits per heavy atom. The molecule has 1 aromatic heterocycles. The fourth-order valence-electron chi connectivity index (χ4n) is 1.89. The lowest BCUT2D eigenvalue weighted by Crippen LogP contribution is -2.06. The van der Waals surface area contributed by atoms with Crippen LogP contribution in [0.3, 0.4) is 0 Å². The Morgan fingerprint density at radius 1 is 1.40 bits per heavy atom. The van der Waals surface area contributed by atoms with E-state index in [4.69, 9.17) is 27.9 Å². The van der Waals surface area contributed by atoms with E-state index in [-0.39, 0.29) is 12.4 Å². The normalized spacial score (nSPS) is 10.7. The van der Waals surface area contributed by atoms with Crippen molar-refractivity contribution in [1.29, 1.82) is 0 Å². The van der Waals surface area contributed by atoms with Gasteiger partial charge in [0.05, 0.1) is 22.0 Å². The van der Waals surface area contributed by atoms with Crippen LogP contribution in [0, 0.1) is 6.92 Å². The van der Waals surface area contributed by atoms with E-state index in [0.29, 0.717) is 21.4 Å². The van der Waals surface area contributed by atoms with Gasteiger partial charge in [-0.1, -0.05) is 23.2 Å². The van der Waals surface area contributed by atoms with Crippen molar-refractivity contribution in [2.75, 3.05) is 0 Å². The Hall–Kier alpha value is -1.52. The second-order valence-corrected chi connectivity index (χ2v) is 5.27. The summed E-state index contributed by atoms with van der Waals surface area (Å²) in [5, 5.41) is 5.28. The summed E-state index contributed by atoms with van der Waals surface area (Å²) < 4.78 is 7.36. The first-order valence-corrected chi connectivity index (χ1v) is 6.77. The van der Waals surface area contributed by atoms with Gasteiger partial charge in [-0.2, -0.15) is 5.10 Å². The molecule has 0 aliphatic heterocycles. The van der Waals surface area contributed by atoms with Crippen molar-refractivity contribution >= 4 is 29.0 Å². The molecule has 0 atom stereocenters. The maximum Gasteiger partial charge on any atom is 0.163 e. The van der Waals surface area contributed by atoms with Crippen molar-refractivity contribution in [2.45, 2.75) is 20.5 Å². The lowest BCUT2D eigenvalue weighted by Gasteiger charge is -2.10. The number of ketones is 1. The number of hydrogen-bond donors (Lipinski definition) is 0. The number of carbonyl (C=O) groups excluding carboxylic acids is 1. The Kier molecular flexibility index (Phi) is 4.35. The van der Waals surface area contributed by atoms with Gasteiger partial charge < -0.3 is 4.74 Å². The molecule has 0 spiro atoms. The molecule has 0 aliphatic rings. The van der Waals surface area contributed by atoms with Crippen LogP contribution < -0.4 is 4.74 Å². The second-order valence-electron chi connectivity index (χ2n) is 4.46. The number of Topliss-reactive ketones (excluding diaryl/α,β-unsaturated/α-hetero) is 1. The summed E-state index contributed by atoms with van der Waals surface area (Å²) in [5.74, 6) is 0.381. The number of aromatic nitrogens is 2. The molecule has 0 radical (unpaired) electrons. The summed E-state index contributed by atoms with van der Waals surface area (Å²) in [7, 11) is 1.80. The Labute approximate surface area is 127 Å². The smallest absolute Gasteiger partial charge is 0.163 e. The Morgan fingerprint density at radius 3 is 2.65 bits per heavy atom. The molecule has 2 rings (SSSR count). The molecule has 106 valence electrons. The van der Waals surface area contributed by atoms with Gasteiger partial charge in [0.2, 0.25) is 0 Å². The monoisotopic (exact) mass is 312 g/mol. The predicted octanol–water partition coefficient (Wildman–Crippen LogP) is 3.82. The highest BCUT2D eigenvalue weighted by Crippen LogP contribution is 2.26. The maximum absolute atomic E-state index is 11.6. The topological polar surface area (TPSA) is 44.1 Å². The third-order valence-corrected chi connectivity index (χ3v) is 3.67. The number of nitrogens with zero attached hydrogens (tertiary/aromatic N) is 2. The van der Waals surface area contributed by atoms with Gasteiger partial charge in [0.1, 0.15) is 12.4 Å². The average molecular weight is 313 g/mol. The predicted molar refractivity (Wildman–Crippen MR) is 78.7 cm³/mol. The van der Waals surface area contributed by atoms with Gasteiger partial charge in [-0.05, 0) is 32.0 Å². The summed E-state index contributed by atoms with van der Waals surface area (Å²) in [6.45, 7) is 3.53. The highest BCUT2D eigenvalue weighted by Gasteiger charge is 2.14. The lowest BCUT2D eigenvalue weighted by atomic mass is 10.1. The van der Waals surface area contributed by atoms with Gasteiger partial charge in [0.15, 0.2) is 5.78 Å². The summed E-state index contributed by atoms with van der Waals surface area (Å²) >= 11 is 12.0. The molecule has 0 amide bonds. The quantitative estimate of drug-likeness (QED) is 0.806. The molecule has 1 aromatic carbocycles. The third-order valence-electron chi connectivity index (χ3n) is 2.95. The number of benzene rings is 1. The van der Waals surface area contributed by atoms with Crippen LogP contribution in [0.1, 0.15) is 28.7 Å². The van der Waals surface area contributed by atoms with Crippen LogP contribution in [0.2, 0.25) is 10.0 Å². The highest BCUT2D eigenvalue weighted by atomic mass is 35.5. The molecule has 0 aliphatic carbocycles. The van der Waals surface area contributed by atoms with Gasteiger partial charge in [-0.3, -0.25) is 9.48 Å². The van der Waals surface area contributed by atoms with Crippen LogP contribution >= 0.6 is 23.2 Å². The SMILES string of the molecule is CC(=O)c1cc(Cl)ccc1OCc1c(Cl)c(C)nn1C. The summed E-state index contributed by atoms with van der Waals surface area (Å²) in [6, 6.07) is 4.95. The molecule has 2 aromatic rings. The van der Waals surface area contributed by atoms with Gasteiger partial charge in [-0.15, -0.1) is 0 Å². The van der Waals surface area contributed by atoms with E-state index in [0.717, 1.165) is 11.4 Å². The van der Waals surface area contributed by atoms with Crippen molar-refractivity contribution < 1.29 is 9.53 Å². The molecule has 0 bridgehead atoms. The van der Waals surface area contributed by atoms with E-state index in [1.807, 2.05) is 6.92 Å². The van der Waals surface area contributed by atoms with Gasteiger partial charge in [-0.25, -0.2) is 0 Å². The van der Waals surface area contributed by atoms with Crippen LogP contribution in [-0.4, -0.2) is 15.6 Å². The summed E-state index contributed by atoms with van der Waals surface area (Å²) in [5.41, 5.74) is 1.96. The molecule has 0 N–H and O–H groups in total. The fourth-order valence-corrected chi connectivity index (χ4v) is 2.27. The Bertz CT molecular complexity index is 665. The molecule has 4 nitrogen and oxygen atoms in total. The average Bonchev–Trinajstić information content (AvgIpc) is 2.62. The number of aryl methyl sites for hydroxylation is 2. The molecule has 0 unspecified atom stereocenters.